The molecular formula is CH9AlCoCrCuMnMoNiSiZn-. The molecule has 0 bridgehead atoms. The Morgan fingerprint density at radius 2 is 1.00 bits per heavy atom. The molecule has 0 aliphatic heterocycles. The first kappa shape index (κ1) is 127. The van der Waals surface area contributed by atoms with Gasteiger partial charge in [-0.3, -0.25) is 0 Å². The van der Waals surface area contributed by atoms with E-state index in [0.717, 1.165) is 0 Å². The van der Waals surface area contributed by atoms with Gasteiger partial charge in [-0.2, -0.15) is 0 Å². The summed E-state index contributed by atoms with van der Waals surface area (Å²) >= 11 is 0. The summed E-state index contributed by atoms with van der Waals surface area (Å²) in [7, 11) is 0. The molecule has 0 aliphatic carbocycles. The van der Waals surface area contributed by atoms with Crippen LogP contribution in [0.2, 0.25) is 0 Å². The van der Waals surface area contributed by atoms with E-state index in [0.29, 0.717) is 0 Å². The van der Waals surface area contributed by atoms with Gasteiger partial charge in [-0.1, -0.05) is 0 Å². The van der Waals surface area contributed by atoms with Crippen molar-refractivity contribution in [2.45, 2.75) is 0 Å². The summed E-state index contributed by atoms with van der Waals surface area (Å²) in [5.74, 6) is 0. The predicted molar refractivity (Wildman–Crippen MR) is 26.3 cm³/mol. The SMILES string of the molecule is [AlH3].[CH3-].[Co].[Cr].[Cu].[Mn].[Mo].[Ni].[SiH3].[Zn]. The molecule has 0 aromatic rings. The number of rotatable bonds is 0. The van der Waals surface area contributed by atoms with E-state index in [4.69, 9.17) is 0 Å². The second kappa shape index (κ2) is 101. The van der Waals surface area contributed by atoms with Crippen LogP contribution >= 0.6 is 0 Å². The third-order valence-electron chi connectivity index (χ3n) is 0. The molecule has 4 radical (unpaired) electrons. The summed E-state index contributed by atoms with van der Waals surface area (Å²) in [6.07, 6.45) is 0. The second-order valence-corrected chi connectivity index (χ2v) is 0. The Labute approximate surface area is 158 Å². The summed E-state index contributed by atoms with van der Waals surface area (Å²) in [4.78, 5) is 0. The maximum Gasteiger partial charge on any atom is 0.187 e. The van der Waals surface area contributed by atoms with Crippen molar-refractivity contribution in [3.05, 3.63) is 7.43 Å². The summed E-state index contributed by atoms with van der Waals surface area (Å²) in [5.41, 5.74) is 0. The van der Waals surface area contributed by atoms with Gasteiger partial charge in [0.15, 0.2) is 17.4 Å². The van der Waals surface area contributed by atoms with Crippen LogP contribution in [0.25, 0.3) is 0 Å². The maximum atomic E-state index is 0. The molecule has 0 rings (SSSR count). The van der Waals surface area contributed by atoms with E-state index in [1.807, 2.05) is 0 Å². The van der Waals surface area contributed by atoms with Crippen molar-refractivity contribution in [2.75, 3.05) is 0 Å². The molecule has 9 heteroatoms. The zero-order valence-corrected chi connectivity index (χ0v) is 17.3. The Bertz CT molecular complexity index is 33.2. The molecule has 72 valence electrons. The van der Waals surface area contributed by atoms with Gasteiger partial charge >= 0.3 is 0 Å². The smallest absolute Gasteiger partial charge is 0.187 e. The summed E-state index contributed by atoms with van der Waals surface area (Å²) in [5, 5.41) is 0. The summed E-state index contributed by atoms with van der Waals surface area (Å²) < 4.78 is 0. The van der Waals surface area contributed by atoms with Gasteiger partial charge < -0.3 is 7.43 Å². The van der Waals surface area contributed by atoms with Crippen molar-refractivity contribution < 1.29 is 125 Å². The van der Waals surface area contributed by atoms with Crippen LogP contribution < -0.4 is 0 Å². The van der Waals surface area contributed by atoms with Crippen molar-refractivity contribution in [3.8, 4) is 0 Å². The molecule has 0 unspecified atom stereocenters. The van der Waals surface area contributed by atoms with Gasteiger partial charge in [0.25, 0.3) is 0 Å². The van der Waals surface area contributed by atoms with Crippen LogP contribution in [-0.4, -0.2) is 28.3 Å². The van der Waals surface area contributed by atoms with Crippen LogP contribution in [0.1, 0.15) is 0 Å². The van der Waals surface area contributed by atoms with Crippen LogP contribution in [0.3, 0.4) is 0 Å². The Morgan fingerprint density at radius 3 is 1.00 bits per heavy atom. The van der Waals surface area contributed by atoms with Crippen LogP contribution in [-0.2, 0) is 125 Å². The predicted octanol–water partition coefficient (Wildman–Crippen LogP) is -1.94. The van der Waals surface area contributed by atoms with Crippen molar-refractivity contribution in [1.29, 1.82) is 0 Å². The fourth-order valence-electron chi connectivity index (χ4n) is 0. The molecule has 0 N–H and O–H groups in total. The molecule has 0 atom stereocenters. The monoisotopic (exact) mass is 525 g/mol. The van der Waals surface area contributed by atoms with Crippen LogP contribution in [0.15, 0.2) is 0 Å². The molecule has 0 aromatic carbocycles. The van der Waals surface area contributed by atoms with Gasteiger partial charge in [0, 0.05) is 125 Å². The van der Waals surface area contributed by atoms with Gasteiger partial charge in [0.2, 0.25) is 0 Å². The first-order valence-electron chi connectivity index (χ1n) is 0. The van der Waals surface area contributed by atoms with Gasteiger partial charge in [-0.15, -0.1) is 0 Å². The fourth-order valence-corrected chi connectivity index (χ4v) is 0. The molecule has 10 heavy (non-hydrogen) atoms. The minimum Gasteiger partial charge on any atom is -0.358 e. The normalized spacial score (nSPS) is 0. The molecule has 0 aliphatic rings. The summed E-state index contributed by atoms with van der Waals surface area (Å²) in [6.45, 7) is 0. The van der Waals surface area contributed by atoms with Crippen molar-refractivity contribution in [3.63, 3.8) is 0 Å². The molecule has 0 heterocycles. The first-order chi connectivity index (χ1) is 0. The van der Waals surface area contributed by atoms with Crippen molar-refractivity contribution in [2.24, 2.45) is 0 Å². The summed E-state index contributed by atoms with van der Waals surface area (Å²) in [6, 6.07) is 0. The molecule has 0 saturated heterocycles. The molecule has 0 spiro atoms. The van der Waals surface area contributed by atoms with E-state index < -0.39 is 0 Å². The van der Waals surface area contributed by atoms with Gasteiger partial charge in [-0.05, 0) is 11.0 Å². The molecule has 0 nitrogen and oxygen atoms in total. The molecule has 0 aromatic heterocycles. The van der Waals surface area contributed by atoms with E-state index in [1.54, 1.807) is 0 Å². The zero-order valence-electron chi connectivity index (χ0n) is 4.85. The minimum atomic E-state index is 0. The quantitative estimate of drug-likeness (QED) is 0.255. The first-order valence-corrected chi connectivity index (χ1v) is 0. The Balaban J connectivity index is 0. The average Bonchev–Trinajstić information content (AvgIpc) is 0. The largest absolute Gasteiger partial charge is 0.358 e. The molecule has 0 fully saturated rings. The maximum absolute atomic E-state index is 0. The standard InChI is InChI=1S/CH3.Al.Co.Cr.Cu.Mn.Mo.Ni.H3Si.Zn.3H/h1H3;;;;;;;;1H3;;;;/q-1;;;;;;;;;;;;. The molecule has 0 saturated carbocycles. The fraction of sp³-hybridized carbons (Fsp3) is 0. The van der Waals surface area contributed by atoms with Gasteiger partial charge in [0.1, 0.15) is 0 Å². The molecule has 0 amide bonds. The molecular weight excluding hydrogens is 517 g/mol. The number of hydrogen-bond acceptors (Lipinski definition) is 0. The Hall–Kier alpha value is 4.63. The van der Waals surface area contributed by atoms with E-state index in [9.17, 15) is 0 Å². The van der Waals surface area contributed by atoms with Gasteiger partial charge in [0.05, 0.1) is 0 Å². The van der Waals surface area contributed by atoms with Crippen LogP contribution in [0.4, 0.5) is 0 Å². The van der Waals surface area contributed by atoms with E-state index in [2.05, 4.69) is 0 Å². The van der Waals surface area contributed by atoms with Crippen molar-refractivity contribution in [1.82, 2.24) is 0 Å². The van der Waals surface area contributed by atoms with Crippen LogP contribution in [0, 0.1) is 7.43 Å². The van der Waals surface area contributed by atoms with E-state index in [1.165, 1.54) is 0 Å². The number of hydrogen-bond donors (Lipinski definition) is 0. The van der Waals surface area contributed by atoms with Gasteiger partial charge in [-0.25, -0.2) is 0 Å². The van der Waals surface area contributed by atoms with Crippen LogP contribution in [0.5, 0.6) is 0 Å². The third kappa shape index (κ3) is 79.7. The third-order valence-corrected chi connectivity index (χ3v) is 0. The van der Waals surface area contributed by atoms with E-state index in [-0.39, 0.29) is 161 Å². The topological polar surface area (TPSA) is 0 Å². The Kier molecular flexibility index (Phi) is 1280. The minimum absolute atomic E-state index is 0. The second-order valence-electron chi connectivity index (χ2n) is 0. The average molecular weight is 526 g/mol. The Morgan fingerprint density at radius 1 is 1.00 bits per heavy atom. The van der Waals surface area contributed by atoms with Crippen molar-refractivity contribution >= 4 is 28.3 Å². The zero-order chi connectivity index (χ0) is 0. The van der Waals surface area contributed by atoms with E-state index >= 15 is 0 Å².